The van der Waals surface area contributed by atoms with E-state index in [-0.39, 0.29) is 17.8 Å². The van der Waals surface area contributed by atoms with Crippen molar-refractivity contribution in [2.24, 2.45) is 0 Å². The van der Waals surface area contributed by atoms with Gasteiger partial charge in [-0.3, -0.25) is 0 Å². The average molecular weight is 276 g/mol. The Morgan fingerprint density at radius 1 is 1.20 bits per heavy atom. The summed E-state index contributed by atoms with van der Waals surface area (Å²) in [6.07, 6.45) is 0. The molecule has 1 aromatic carbocycles. The second-order valence-corrected chi connectivity index (χ2v) is 4.60. The van der Waals surface area contributed by atoms with Gasteiger partial charge in [-0.25, -0.2) is 4.39 Å². The van der Waals surface area contributed by atoms with E-state index in [2.05, 4.69) is 20.3 Å². The first-order valence-corrected chi connectivity index (χ1v) is 6.17. The van der Waals surface area contributed by atoms with Gasteiger partial charge in [-0.05, 0) is 13.0 Å². The normalized spacial score (nSPS) is 12.0. The number of nitrogens with two attached hydrogens (primary N) is 1. The van der Waals surface area contributed by atoms with E-state index in [1.807, 2.05) is 6.92 Å². The summed E-state index contributed by atoms with van der Waals surface area (Å²) in [6, 6.07) is 6.28. The fraction of sp³-hybridized carbons (Fsp3) is 0.308. The SMILES string of the molecule is CC(Nc1nc(N)nc(N(C)C)n1)c1ccccc1F. The van der Waals surface area contributed by atoms with E-state index in [4.69, 9.17) is 5.73 Å². The smallest absolute Gasteiger partial charge is 0.231 e. The van der Waals surface area contributed by atoms with Gasteiger partial charge in [0.1, 0.15) is 5.82 Å². The molecule has 0 radical (unpaired) electrons. The molecule has 0 spiro atoms. The summed E-state index contributed by atoms with van der Waals surface area (Å²) in [4.78, 5) is 13.9. The van der Waals surface area contributed by atoms with Gasteiger partial charge in [-0.15, -0.1) is 0 Å². The van der Waals surface area contributed by atoms with E-state index < -0.39 is 0 Å². The Morgan fingerprint density at radius 3 is 2.55 bits per heavy atom. The van der Waals surface area contributed by atoms with E-state index in [1.165, 1.54) is 6.07 Å². The molecule has 20 heavy (non-hydrogen) atoms. The monoisotopic (exact) mass is 276 g/mol. The highest BCUT2D eigenvalue weighted by molar-refractivity contribution is 5.42. The third-order valence-corrected chi connectivity index (χ3v) is 2.76. The van der Waals surface area contributed by atoms with Gasteiger partial charge in [0.25, 0.3) is 0 Å². The number of hydrogen-bond acceptors (Lipinski definition) is 6. The van der Waals surface area contributed by atoms with Crippen molar-refractivity contribution in [3.05, 3.63) is 35.6 Å². The minimum atomic E-state index is -0.284. The Balaban J connectivity index is 2.24. The average Bonchev–Trinajstić information content (AvgIpc) is 2.38. The predicted octanol–water partition coefficient (Wildman–Crippen LogP) is 1.83. The standard InChI is InChI=1S/C13H17FN6/c1-8(9-6-4-5-7-10(9)14)16-12-17-11(15)18-13(19-12)20(2)3/h4-8H,1-3H3,(H3,15,16,17,18,19). The Morgan fingerprint density at radius 2 is 1.90 bits per heavy atom. The number of nitrogens with zero attached hydrogens (tertiary/aromatic N) is 4. The number of nitrogens with one attached hydrogen (secondary N) is 1. The van der Waals surface area contributed by atoms with Crippen LogP contribution in [0.2, 0.25) is 0 Å². The molecule has 0 aliphatic heterocycles. The third-order valence-electron chi connectivity index (χ3n) is 2.76. The second kappa shape index (κ2) is 5.68. The van der Waals surface area contributed by atoms with E-state index in [0.29, 0.717) is 17.5 Å². The molecule has 3 N–H and O–H groups in total. The van der Waals surface area contributed by atoms with Crippen molar-refractivity contribution in [2.75, 3.05) is 30.0 Å². The zero-order valence-electron chi connectivity index (χ0n) is 11.6. The number of benzene rings is 1. The lowest BCUT2D eigenvalue weighted by Gasteiger charge is -2.17. The van der Waals surface area contributed by atoms with Crippen molar-refractivity contribution in [3.8, 4) is 0 Å². The highest BCUT2D eigenvalue weighted by Crippen LogP contribution is 2.20. The molecule has 106 valence electrons. The molecule has 0 saturated carbocycles. The maximum atomic E-state index is 13.7. The highest BCUT2D eigenvalue weighted by atomic mass is 19.1. The van der Waals surface area contributed by atoms with Crippen molar-refractivity contribution in [2.45, 2.75) is 13.0 Å². The van der Waals surface area contributed by atoms with Crippen LogP contribution in [0.1, 0.15) is 18.5 Å². The van der Waals surface area contributed by atoms with E-state index >= 15 is 0 Å². The van der Waals surface area contributed by atoms with Gasteiger partial charge in [0.15, 0.2) is 0 Å². The Labute approximate surface area is 116 Å². The maximum absolute atomic E-state index is 13.7. The van der Waals surface area contributed by atoms with Gasteiger partial charge >= 0.3 is 0 Å². The summed E-state index contributed by atoms with van der Waals surface area (Å²) in [5, 5.41) is 3.03. The number of aromatic nitrogens is 3. The number of anilines is 3. The fourth-order valence-electron chi connectivity index (χ4n) is 1.74. The summed E-state index contributed by atoms with van der Waals surface area (Å²) in [5.74, 6) is 0.604. The number of halogens is 1. The summed E-state index contributed by atoms with van der Waals surface area (Å²) in [5.41, 5.74) is 6.18. The molecule has 1 atom stereocenters. The van der Waals surface area contributed by atoms with Crippen molar-refractivity contribution in [1.82, 2.24) is 15.0 Å². The molecule has 7 heteroatoms. The Kier molecular flexibility index (Phi) is 3.97. The van der Waals surface area contributed by atoms with Crippen LogP contribution in [0, 0.1) is 5.82 Å². The zero-order chi connectivity index (χ0) is 14.7. The van der Waals surface area contributed by atoms with Crippen molar-refractivity contribution in [1.29, 1.82) is 0 Å². The molecule has 6 nitrogen and oxygen atoms in total. The summed E-state index contributed by atoms with van der Waals surface area (Å²) in [6.45, 7) is 1.83. The molecular formula is C13H17FN6. The van der Waals surface area contributed by atoms with E-state index in [0.717, 1.165) is 0 Å². The minimum absolute atomic E-state index is 0.118. The van der Waals surface area contributed by atoms with Crippen LogP contribution in [0.3, 0.4) is 0 Å². The second-order valence-electron chi connectivity index (χ2n) is 4.60. The number of rotatable bonds is 4. The van der Waals surface area contributed by atoms with Gasteiger partial charge in [0.05, 0.1) is 6.04 Å². The van der Waals surface area contributed by atoms with E-state index in [9.17, 15) is 4.39 Å². The van der Waals surface area contributed by atoms with Gasteiger partial charge in [0.2, 0.25) is 17.8 Å². The number of nitrogen functional groups attached to an aromatic ring is 1. The van der Waals surface area contributed by atoms with Crippen molar-refractivity contribution in [3.63, 3.8) is 0 Å². The van der Waals surface area contributed by atoms with Crippen LogP contribution in [0.15, 0.2) is 24.3 Å². The molecule has 0 fully saturated rings. The van der Waals surface area contributed by atoms with Crippen molar-refractivity contribution < 1.29 is 4.39 Å². The zero-order valence-corrected chi connectivity index (χ0v) is 11.6. The van der Waals surface area contributed by atoms with Gasteiger partial charge < -0.3 is 16.0 Å². The van der Waals surface area contributed by atoms with Crippen LogP contribution in [0.4, 0.5) is 22.2 Å². The van der Waals surface area contributed by atoms with Gasteiger partial charge in [-0.1, -0.05) is 18.2 Å². The molecule has 2 rings (SSSR count). The molecule has 0 aliphatic carbocycles. The fourth-order valence-corrected chi connectivity index (χ4v) is 1.74. The Bertz CT molecular complexity index is 601. The molecule has 0 saturated heterocycles. The Hall–Kier alpha value is -2.44. The summed E-state index contributed by atoms with van der Waals surface area (Å²) >= 11 is 0. The lowest BCUT2D eigenvalue weighted by atomic mass is 10.1. The molecule has 0 aliphatic rings. The largest absolute Gasteiger partial charge is 0.368 e. The molecule has 0 bridgehead atoms. The topological polar surface area (TPSA) is 80.0 Å². The molecule has 1 heterocycles. The lowest BCUT2D eigenvalue weighted by molar-refractivity contribution is 0.599. The first-order chi connectivity index (χ1) is 9.47. The summed E-state index contributed by atoms with van der Waals surface area (Å²) in [7, 11) is 3.61. The van der Waals surface area contributed by atoms with Crippen LogP contribution in [0.5, 0.6) is 0 Å². The van der Waals surface area contributed by atoms with Crippen molar-refractivity contribution >= 4 is 17.8 Å². The predicted molar refractivity (Wildman–Crippen MR) is 77.0 cm³/mol. The lowest BCUT2D eigenvalue weighted by Crippen LogP contribution is -2.18. The third kappa shape index (κ3) is 3.11. The van der Waals surface area contributed by atoms with Gasteiger partial charge in [-0.2, -0.15) is 15.0 Å². The molecular weight excluding hydrogens is 259 g/mol. The molecule has 1 aromatic heterocycles. The van der Waals surface area contributed by atoms with Crippen LogP contribution in [-0.2, 0) is 0 Å². The molecule has 2 aromatic rings. The number of hydrogen-bond donors (Lipinski definition) is 2. The quantitative estimate of drug-likeness (QED) is 0.887. The first-order valence-electron chi connectivity index (χ1n) is 6.17. The highest BCUT2D eigenvalue weighted by Gasteiger charge is 2.13. The first kappa shape index (κ1) is 14.0. The van der Waals surface area contributed by atoms with E-state index in [1.54, 1.807) is 37.2 Å². The molecule has 0 amide bonds. The molecule has 1 unspecified atom stereocenters. The van der Waals surface area contributed by atoms with Crippen LogP contribution in [0.25, 0.3) is 0 Å². The van der Waals surface area contributed by atoms with Crippen LogP contribution in [-0.4, -0.2) is 29.0 Å². The minimum Gasteiger partial charge on any atom is -0.368 e. The van der Waals surface area contributed by atoms with Gasteiger partial charge in [0, 0.05) is 19.7 Å². The summed E-state index contributed by atoms with van der Waals surface area (Å²) < 4.78 is 13.7. The van der Waals surface area contributed by atoms with Crippen LogP contribution >= 0.6 is 0 Å². The maximum Gasteiger partial charge on any atom is 0.231 e. The van der Waals surface area contributed by atoms with Crippen LogP contribution < -0.4 is 16.0 Å².